The van der Waals surface area contributed by atoms with Gasteiger partial charge < -0.3 is 19.8 Å². The Balaban J connectivity index is 0.00000420. The molecule has 2 N–H and O–H groups in total. The lowest BCUT2D eigenvalue weighted by Crippen LogP contribution is -2.52. The minimum absolute atomic E-state index is 0. The van der Waals surface area contributed by atoms with E-state index >= 15 is 0 Å². The summed E-state index contributed by atoms with van der Waals surface area (Å²) in [5.74, 6) is 1.84. The molecule has 29 heavy (non-hydrogen) atoms. The van der Waals surface area contributed by atoms with Crippen LogP contribution < -0.4 is 10.6 Å². The van der Waals surface area contributed by atoms with E-state index in [1.54, 1.807) is 6.26 Å². The molecule has 0 aliphatic carbocycles. The van der Waals surface area contributed by atoms with Crippen molar-refractivity contribution in [1.82, 2.24) is 20.4 Å². The van der Waals surface area contributed by atoms with Crippen LogP contribution in [0.4, 0.5) is 0 Å². The van der Waals surface area contributed by atoms with Gasteiger partial charge in [0.2, 0.25) is 0 Å². The Morgan fingerprint density at radius 1 is 1.21 bits per heavy atom. The molecule has 0 saturated carbocycles. The van der Waals surface area contributed by atoms with Crippen molar-refractivity contribution in [2.24, 2.45) is 4.99 Å². The average Bonchev–Trinajstić information content (AvgIpc) is 3.24. The van der Waals surface area contributed by atoms with Crippen LogP contribution in [0.25, 0.3) is 0 Å². The highest BCUT2D eigenvalue weighted by atomic mass is 127. The number of ether oxygens (including phenoxy) is 1. The van der Waals surface area contributed by atoms with Gasteiger partial charge in [0.1, 0.15) is 5.76 Å². The number of furan rings is 1. The molecule has 8 heteroatoms. The zero-order valence-corrected chi connectivity index (χ0v) is 21.1. The van der Waals surface area contributed by atoms with E-state index in [2.05, 4.69) is 61.1 Å². The summed E-state index contributed by atoms with van der Waals surface area (Å²) < 4.78 is 11.2. The number of aliphatic imine (C=N–C) groups is 1. The summed E-state index contributed by atoms with van der Waals surface area (Å²) >= 11 is 0. The van der Waals surface area contributed by atoms with E-state index in [-0.39, 0.29) is 35.6 Å². The van der Waals surface area contributed by atoms with Crippen molar-refractivity contribution >= 4 is 29.9 Å². The summed E-state index contributed by atoms with van der Waals surface area (Å²) in [4.78, 5) is 9.75. The van der Waals surface area contributed by atoms with Gasteiger partial charge >= 0.3 is 0 Å². The summed E-state index contributed by atoms with van der Waals surface area (Å²) in [5.41, 5.74) is 0.00537. The molecular weight excluding hydrogens is 481 g/mol. The second-order valence-corrected chi connectivity index (χ2v) is 7.74. The first kappa shape index (κ1) is 26.2. The summed E-state index contributed by atoms with van der Waals surface area (Å²) in [5, 5.41) is 6.91. The summed E-state index contributed by atoms with van der Waals surface area (Å²) in [6, 6.07) is 4.19. The highest BCUT2D eigenvalue weighted by Gasteiger charge is 2.28. The number of halogens is 1. The standard InChI is InChI=1S/C21H39N5O2.HI/c1-6-22-20(24-17-21(4,5)26-11-14-27-15-12-26)23-16-18(25(7-2)8-3)19-10-9-13-28-19;/h9-10,13,18H,6-8,11-12,14-17H2,1-5H3,(H2,22,23,24);1H. The van der Waals surface area contributed by atoms with Gasteiger partial charge in [-0.05, 0) is 46.0 Å². The highest BCUT2D eigenvalue weighted by Crippen LogP contribution is 2.20. The average molecular weight is 521 g/mol. The Kier molecular flexibility index (Phi) is 12.2. The topological polar surface area (TPSA) is 65.3 Å². The van der Waals surface area contributed by atoms with E-state index in [1.165, 1.54) is 0 Å². The molecule has 1 aliphatic heterocycles. The molecule has 0 aromatic carbocycles. The minimum Gasteiger partial charge on any atom is -0.468 e. The van der Waals surface area contributed by atoms with Gasteiger partial charge in [0.05, 0.1) is 32.1 Å². The molecule has 1 aromatic rings. The predicted molar refractivity (Wildman–Crippen MR) is 130 cm³/mol. The number of nitrogens with one attached hydrogen (secondary N) is 2. The minimum atomic E-state index is 0. The van der Waals surface area contributed by atoms with Crippen molar-refractivity contribution in [1.29, 1.82) is 0 Å². The lowest BCUT2D eigenvalue weighted by Gasteiger charge is -2.40. The molecule has 2 heterocycles. The van der Waals surface area contributed by atoms with Crippen LogP contribution in [0.2, 0.25) is 0 Å². The number of hydrogen-bond acceptors (Lipinski definition) is 5. The first-order valence-electron chi connectivity index (χ1n) is 10.6. The number of likely N-dealkylation sites (N-methyl/N-ethyl adjacent to an activating group) is 1. The lowest BCUT2D eigenvalue weighted by atomic mass is 10.0. The fraction of sp³-hybridized carbons (Fsp3) is 0.762. The maximum Gasteiger partial charge on any atom is 0.191 e. The number of nitrogens with zero attached hydrogens (tertiary/aromatic N) is 3. The van der Waals surface area contributed by atoms with Gasteiger partial charge in [0.15, 0.2) is 5.96 Å². The van der Waals surface area contributed by atoms with Crippen LogP contribution in [0.1, 0.15) is 46.4 Å². The van der Waals surface area contributed by atoms with E-state index in [0.29, 0.717) is 0 Å². The van der Waals surface area contributed by atoms with Crippen molar-refractivity contribution in [3.63, 3.8) is 0 Å². The first-order valence-corrected chi connectivity index (χ1v) is 10.6. The molecule has 1 atom stereocenters. The monoisotopic (exact) mass is 521 g/mol. The van der Waals surface area contributed by atoms with Gasteiger partial charge in [-0.15, -0.1) is 24.0 Å². The molecule has 0 radical (unpaired) electrons. The molecule has 1 aliphatic rings. The van der Waals surface area contributed by atoms with Crippen LogP contribution in [0, 0.1) is 0 Å². The SMILES string of the molecule is CCNC(=NCC(C)(C)N1CCOCC1)NCC(c1ccco1)N(CC)CC.I. The van der Waals surface area contributed by atoms with Gasteiger partial charge in [0, 0.05) is 31.7 Å². The van der Waals surface area contributed by atoms with E-state index in [4.69, 9.17) is 14.1 Å². The van der Waals surface area contributed by atoms with E-state index < -0.39 is 0 Å². The van der Waals surface area contributed by atoms with Crippen LogP contribution in [0.5, 0.6) is 0 Å². The molecule has 7 nitrogen and oxygen atoms in total. The summed E-state index contributed by atoms with van der Waals surface area (Å²) in [7, 11) is 0. The fourth-order valence-corrected chi connectivity index (χ4v) is 3.63. The van der Waals surface area contributed by atoms with Crippen LogP contribution in [-0.4, -0.2) is 80.3 Å². The zero-order valence-electron chi connectivity index (χ0n) is 18.7. The van der Waals surface area contributed by atoms with Crippen LogP contribution in [-0.2, 0) is 4.74 Å². The zero-order chi connectivity index (χ0) is 20.4. The van der Waals surface area contributed by atoms with Gasteiger partial charge in [-0.3, -0.25) is 14.8 Å². The number of rotatable bonds is 10. The summed E-state index contributed by atoms with van der Waals surface area (Å²) in [6.45, 7) is 18.8. The van der Waals surface area contributed by atoms with Crippen LogP contribution in [0.3, 0.4) is 0 Å². The molecule has 1 unspecified atom stereocenters. The predicted octanol–water partition coefficient (Wildman–Crippen LogP) is 2.95. The molecule has 2 rings (SSSR count). The second-order valence-electron chi connectivity index (χ2n) is 7.74. The molecule has 1 aromatic heterocycles. The fourth-order valence-electron chi connectivity index (χ4n) is 3.63. The largest absolute Gasteiger partial charge is 0.468 e. The highest BCUT2D eigenvalue weighted by molar-refractivity contribution is 14.0. The molecule has 168 valence electrons. The molecular formula is C21H40IN5O2. The second kappa shape index (κ2) is 13.5. The normalized spacial score (nSPS) is 17.1. The first-order chi connectivity index (χ1) is 13.5. The van der Waals surface area contributed by atoms with E-state index in [1.807, 2.05) is 6.07 Å². The van der Waals surface area contributed by atoms with Gasteiger partial charge in [-0.25, -0.2) is 0 Å². The Morgan fingerprint density at radius 2 is 1.90 bits per heavy atom. The van der Waals surface area contributed by atoms with Gasteiger partial charge in [0.25, 0.3) is 0 Å². The molecule has 1 saturated heterocycles. The van der Waals surface area contributed by atoms with Crippen molar-refractivity contribution in [2.75, 3.05) is 59.0 Å². The quantitative estimate of drug-likeness (QED) is 0.281. The molecule has 0 bridgehead atoms. The van der Waals surface area contributed by atoms with Crippen molar-refractivity contribution in [2.45, 2.75) is 46.2 Å². The Bertz CT molecular complexity index is 570. The Hall–Kier alpha value is -0.840. The van der Waals surface area contributed by atoms with Crippen molar-refractivity contribution < 1.29 is 9.15 Å². The third-order valence-corrected chi connectivity index (χ3v) is 5.42. The van der Waals surface area contributed by atoms with E-state index in [9.17, 15) is 0 Å². The number of guanidine groups is 1. The molecule has 1 fully saturated rings. The Labute approximate surface area is 193 Å². The number of hydrogen-bond donors (Lipinski definition) is 2. The molecule has 0 amide bonds. The van der Waals surface area contributed by atoms with Gasteiger partial charge in [-0.2, -0.15) is 0 Å². The van der Waals surface area contributed by atoms with Crippen LogP contribution in [0.15, 0.2) is 27.8 Å². The third kappa shape index (κ3) is 8.07. The summed E-state index contributed by atoms with van der Waals surface area (Å²) in [6.07, 6.45) is 1.75. The van der Waals surface area contributed by atoms with Crippen molar-refractivity contribution in [3.05, 3.63) is 24.2 Å². The van der Waals surface area contributed by atoms with Crippen LogP contribution >= 0.6 is 24.0 Å². The smallest absolute Gasteiger partial charge is 0.191 e. The third-order valence-electron chi connectivity index (χ3n) is 5.42. The number of morpholine rings is 1. The molecule has 0 spiro atoms. The van der Waals surface area contributed by atoms with E-state index in [0.717, 1.165) is 70.7 Å². The maximum absolute atomic E-state index is 5.71. The lowest BCUT2D eigenvalue weighted by molar-refractivity contribution is -0.00684. The van der Waals surface area contributed by atoms with Gasteiger partial charge in [-0.1, -0.05) is 13.8 Å². The maximum atomic E-state index is 5.71. The van der Waals surface area contributed by atoms with Crippen molar-refractivity contribution in [3.8, 4) is 0 Å². The Morgan fingerprint density at radius 3 is 2.45 bits per heavy atom.